The summed E-state index contributed by atoms with van der Waals surface area (Å²) in [6.07, 6.45) is 2.99. The van der Waals surface area contributed by atoms with Crippen molar-refractivity contribution in [3.05, 3.63) is 137 Å². The van der Waals surface area contributed by atoms with Gasteiger partial charge in [-0.2, -0.15) is 0 Å². The first-order valence-corrected chi connectivity index (χ1v) is 12.6. The summed E-state index contributed by atoms with van der Waals surface area (Å²) in [6.45, 7) is 1.55. The van der Waals surface area contributed by atoms with Crippen LogP contribution < -0.4 is 11.1 Å². The van der Waals surface area contributed by atoms with E-state index in [1.54, 1.807) is 0 Å². The van der Waals surface area contributed by atoms with Crippen molar-refractivity contribution in [1.82, 2.24) is 5.32 Å². The summed E-state index contributed by atoms with van der Waals surface area (Å²) in [5.41, 5.74) is 13.3. The summed E-state index contributed by atoms with van der Waals surface area (Å²) in [7, 11) is 0. The number of benzene rings is 4. The van der Waals surface area contributed by atoms with Gasteiger partial charge < -0.3 is 16.2 Å². The summed E-state index contributed by atoms with van der Waals surface area (Å²) >= 11 is 0. The van der Waals surface area contributed by atoms with Crippen molar-refractivity contribution < 1.29 is 5.11 Å². The molecule has 4 aromatic rings. The number of nitrogens with two attached hydrogens (primary N) is 1. The quantitative estimate of drug-likeness (QED) is 0.211. The Morgan fingerprint density at radius 3 is 1.97 bits per heavy atom. The second kappa shape index (κ2) is 12.9. The molecule has 0 bridgehead atoms. The maximum Gasteiger partial charge on any atom is 0.0543 e. The average Bonchev–Trinajstić information content (AvgIpc) is 2.90. The van der Waals surface area contributed by atoms with Crippen LogP contribution in [0.15, 0.2) is 109 Å². The topological polar surface area (TPSA) is 58.3 Å². The van der Waals surface area contributed by atoms with Gasteiger partial charge >= 0.3 is 0 Å². The van der Waals surface area contributed by atoms with Gasteiger partial charge in [0.25, 0.3) is 0 Å². The Balaban J connectivity index is 1.47. The molecule has 0 aliphatic rings. The second-order valence-corrected chi connectivity index (χ2v) is 9.27. The molecule has 180 valence electrons. The first-order valence-electron chi connectivity index (χ1n) is 12.6. The molecule has 1 unspecified atom stereocenters. The second-order valence-electron chi connectivity index (χ2n) is 9.27. The number of aliphatic hydroxyl groups excluding tert-OH is 1. The maximum absolute atomic E-state index is 10.8. The van der Waals surface area contributed by atoms with E-state index >= 15 is 0 Å². The Morgan fingerprint density at radius 1 is 0.657 bits per heavy atom. The lowest BCUT2D eigenvalue weighted by Gasteiger charge is -2.23. The number of nitrogen functional groups attached to an aromatic ring is 1. The molecule has 0 aromatic heterocycles. The standard InChI is InChI=1S/C32H36N2O/c33-29-17-20-32(28(22-29)24-34-23-26-12-6-2-7-13-26)31(27-14-8-3-9-15-27)21-19-30(35)18-16-25-10-4-1-5-11-25/h1-15,17,20,22,30-31,34-35H,16,18-19,21,23-24,33H2/t30?,31-/m0/s1. The SMILES string of the molecule is Nc1ccc([C@@H](CCC(O)CCc2ccccc2)c2ccccc2)c(CNCc2ccccc2)c1. The van der Waals surface area contributed by atoms with E-state index in [9.17, 15) is 5.11 Å². The molecule has 0 saturated carbocycles. The van der Waals surface area contributed by atoms with E-state index in [0.717, 1.165) is 44.5 Å². The van der Waals surface area contributed by atoms with E-state index in [1.165, 1.54) is 27.8 Å². The van der Waals surface area contributed by atoms with Gasteiger partial charge in [-0.05, 0) is 65.6 Å². The van der Waals surface area contributed by atoms with Gasteiger partial charge in [0.05, 0.1) is 6.10 Å². The van der Waals surface area contributed by atoms with Gasteiger partial charge in [0.15, 0.2) is 0 Å². The van der Waals surface area contributed by atoms with Crippen LogP contribution in [0.25, 0.3) is 0 Å². The number of aryl methyl sites for hydroxylation is 1. The number of hydrogen-bond acceptors (Lipinski definition) is 3. The van der Waals surface area contributed by atoms with Crippen LogP contribution in [0.1, 0.15) is 53.0 Å². The molecule has 0 aliphatic heterocycles. The number of hydrogen-bond donors (Lipinski definition) is 3. The highest BCUT2D eigenvalue weighted by molar-refractivity contribution is 5.48. The number of rotatable bonds is 12. The van der Waals surface area contributed by atoms with Crippen LogP contribution in [0.3, 0.4) is 0 Å². The predicted octanol–water partition coefficient (Wildman–Crippen LogP) is 6.46. The van der Waals surface area contributed by atoms with Crippen LogP contribution in [0.2, 0.25) is 0 Å². The molecule has 2 atom stereocenters. The minimum Gasteiger partial charge on any atom is -0.399 e. The van der Waals surface area contributed by atoms with Crippen LogP contribution >= 0.6 is 0 Å². The zero-order chi connectivity index (χ0) is 24.3. The normalized spacial score (nSPS) is 12.8. The summed E-state index contributed by atoms with van der Waals surface area (Å²) in [4.78, 5) is 0. The molecule has 4 rings (SSSR count). The van der Waals surface area contributed by atoms with E-state index in [2.05, 4.69) is 96.3 Å². The Kier molecular flexibility index (Phi) is 9.11. The Hall–Kier alpha value is -3.40. The molecule has 3 nitrogen and oxygen atoms in total. The van der Waals surface area contributed by atoms with Crippen LogP contribution in [-0.4, -0.2) is 11.2 Å². The van der Waals surface area contributed by atoms with Crippen molar-refractivity contribution in [3.8, 4) is 0 Å². The third-order valence-electron chi connectivity index (χ3n) is 6.63. The fourth-order valence-corrected chi connectivity index (χ4v) is 4.72. The van der Waals surface area contributed by atoms with Gasteiger partial charge in [-0.3, -0.25) is 0 Å². The van der Waals surface area contributed by atoms with Gasteiger partial charge in [-0.1, -0.05) is 97.1 Å². The van der Waals surface area contributed by atoms with Crippen molar-refractivity contribution in [2.24, 2.45) is 0 Å². The van der Waals surface area contributed by atoms with Crippen molar-refractivity contribution in [3.63, 3.8) is 0 Å². The first-order chi connectivity index (χ1) is 17.2. The lowest BCUT2D eigenvalue weighted by atomic mass is 9.83. The molecule has 3 heteroatoms. The van der Waals surface area contributed by atoms with E-state index in [4.69, 9.17) is 5.73 Å². The average molecular weight is 465 g/mol. The van der Waals surface area contributed by atoms with Gasteiger partial charge in [-0.25, -0.2) is 0 Å². The van der Waals surface area contributed by atoms with Crippen molar-refractivity contribution in [2.45, 2.75) is 50.8 Å². The smallest absolute Gasteiger partial charge is 0.0543 e. The fraction of sp³-hybridized carbons (Fsp3) is 0.250. The summed E-state index contributed by atoms with van der Waals surface area (Å²) in [5, 5.41) is 14.4. The molecule has 0 saturated heterocycles. The highest BCUT2D eigenvalue weighted by atomic mass is 16.3. The highest BCUT2D eigenvalue weighted by Crippen LogP contribution is 2.33. The van der Waals surface area contributed by atoms with Crippen molar-refractivity contribution in [2.75, 3.05) is 5.73 Å². The predicted molar refractivity (Wildman–Crippen MR) is 146 cm³/mol. The molecular formula is C32H36N2O. The third kappa shape index (κ3) is 7.54. The van der Waals surface area contributed by atoms with E-state index in [1.807, 2.05) is 18.2 Å². The lowest BCUT2D eigenvalue weighted by molar-refractivity contribution is 0.150. The van der Waals surface area contributed by atoms with Crippen molar-refractivity contribution in [1.29, 1.82) is 0 Å². The third-order valence-corrected chi connectivity index (χ3v) is 6.63. The van der Waals surface area contributed by atoms with E-state index in [-0.39, 0.29) is 12.0 Å². The van der Waals surface area contributed by atoms with Crippen LogP contribution in [0.5, 0.6) is 0 Å². The van der Waals surface area contributed by atoms with E-state index in [0.29, 0.717) is 0 Å². The van der Waals surface area contributed by atoms with Crippen molar-refractivity contribution >= 4 is 5.69 Å². The lowest BCUT2D eigenvalue weighted by Crippen LogP contribution is -2.17. The Morgan fingerprint density at radius 2 is 1.29 bits per heavy atom. The van der Waals surface area contributed by atoms with Crippen LogP contribution in [0.4, 0.5) is 5.69 Å². The van der Waals surface area contributed by atoms with Crippen LogP contribution in [-0.2, 0) is 19.5 Å². The van der Waals surface area contributed by atoms with Gasteiger partial charge in [0.1, 0.15) is 0 Å². The minimum atomic E-state index is -0.324. The summed E-state index contributed by atoms with van der Waals surface area (Å²) in [6, 6.07) is 37.7. The summed E-state index contributed by atoms with van der Waals surface area (Å²) < 4.78 is 0. The molecule has 35 heavy (non-hydrogen) atoms. The molecule has 0 amide bonds. The Labute approximate surface area is 209 Å². The fourth-order valence-electron chi connectivity index (χ4n) is 4.72. The monoisotopic (exact) mass is 464 g/mol. The number of nitrogens with one attached hydrogen (secondary N) is 1. The number of anilines is 1. The molecule has 0 spiro atoms. The van der Waals surface area contributed by atoms with Gasteiger partial charge in [-0.15, -0.1) is 0 Å². The maximum atomic E-state index is 10.8. The molecule has 4 aromatic carbocycles. The zero-order valence-corrected chi connectivity index (χ0v) is 20.3. The first kappa shape index (κ1) is 24.7. The van der Waals surface area contributed by atoms with Crippen LogP contribution in [0, 0.1) is 0 Å². The molecule has 0 fully saturated rings. The minimum absolute atomic E-state index is 0.205. The summed E-state index contributed by atoms with van der Waals surface area (Å²) in [5.74, 6) is 0.205. The largest absolute Gasteiger partial charge is 0.399 e. The molecule has 0 heterocycles. The highest BCUT2D eigenvalue weighted by Gasteiger charge is 2.19. The molecular weight excluding hydrogens is 428 g/mol. The van der Waals surface area contributed by atoms with E-state index < -0.39 is 0 Å². The zero-order valence-electron chi connectivity index (χ0n) is 20.3. The number of aliphatic hydroxyl groups is 1. The van der Waals surface area contributed by atoms with Gasteiger partial charge in [0.2, 0.25) is 0 Å². The molecule has 0 radical (unpaired) electrons. The molecule has 4 N–H and O–H groups in total. The van der Waals surface area contributed by atoms with Gasteiger partial charge in [0, 0.05) is 24.7 Å². The Bertz CT molecular complexity index is 1150. The molecule has 0 aliphatic carbocycles.